The van der Waals surface area contributed by atoms with Crippen molar-refractivity contribution in [3.8, 4) is 5.69 Å². The predicted octanol–water partition coefficient (Wildman–Crippen LogP) is 3.00. The molecule has 0 saturated carbocycles. The van der Waals surface area contributed by atoms with E-state index in [2.05, 4.69) is 56.1 Å². The third-order valence-corrected chi connectivity index (χ3v) is 3.68. The molecule has 0 saturated heterocycles. The number of pyridine rings is 1. The van der Waals surface area contributed by atoms with Gasteiger partial charge in [-0.15, -0.1) is 0 Å². The van der Waals surface area contributed by atoms with Gasteiger partial charge in [-0.25, -0.2) is 4.68 Å². The van der Waals surface area contributed by atoms with Crippen LogP contribution in [-0.2, 0) is 6.54 Å². The van der Waals surface area contributed by atoms with E-state index in [9.17, 15) is 0 Å². The van der Waals surface area contributed by atoms with Crippen molar-refractivity contribution in [3.63, 3.8) is 0 Å². The van der Waals surface area contributed by atoms with Gasteiger partial charge in [0.2, 0.25) is 0 Å². The maximum atomic E-state index is 4.67. The van der Waals surface area contributed by atoms with Crippen LogP contribution in [0.15, 0.2) is 12.3 Å². The highest BCUT2D eigenvalue weighted by atomic mass is 15.3. The third-order valence-electron chi connectivity index (χ3n) is 3.68. The molecule has 0 amide bonds. The van der Waals surface area contributed by atoms with Crippen LogP contribution in [0.4, 0.5) is 0 Å². The fourth-order valence-corrected chi connectivity index (χ4v) is 2.18. The van der Waals surface area contributed by atoms with Gasteiger partial charge in [-0.1, -0.05) is 13.8 Å². The summed E-state index contributed by atoms with van der Waals surface area (Å²) in [5.41, 5.74) is 6.84. The molecule has 0 radical (unpaired) electrons. The Kier molecular flexibility index (Phi) is 4.23. The number of rotatable bonds is 4. The summed E-state index contributed by atoms with van der Waals surface area (Å²) in [7, 11) is 0. The van der Waals surface area contributed by atoms with Gasteiger partial charge in [-0.05, 0) is 39.3 Å². The van der Waals surface area contributed by atoms with Gasteiger partial charge in [0.1, 0.15) is 0 Å². The van der Waals surface area contributed by atoms with E-state index in [1.165, 1.54) is 16.8 Å². The Morgan fingerprint density at radius 2 is 1.90 bits per heavy atom. The molecule has 4 nitrogen and oxygen atoms in total. The largest absolute Gasteiger partial charge is 0.310 e. The highest BCUT2D eigenvalue weighted by Crippen LogP contribution is 2.20. The van der Waals surface area contributed by atoms with Crippen LogP contribution in [0, 0.1) is 27.7 Å². The smallest absolute Gasteiger partial charge is 0.0727 e. The molecule has 0 aliphatic carbocycles. The van der Waals surface area contributed by atoms with E-state index in [4.69, 9.17) is 0 Å². The van der Waals surface area contributed by atoms with Crippen LogP contribution in [0.2, 0.25) is 0 Å². The van der Waals surface area contributed by atoms with Gasteiger partial charge in [-0.3, -0.25) is 4.98 Å². The van der Waals surface area contributed by atoms with Gasteiger partial charge < -0.3 is 5.32 Å². The van der Waals surface area contributed by atoms with Gasteiger partial charge in [0, 0.05) is 35.7 Å². The molecule has 0 unspecified atom stereocenters. The molecule has 0 aliphatic rings. The molecule has 0 atom stereocenters. The van der Waals surface area contributed by atoms with Crippen molar-refractivity contribution in [3.05, 3.63) is 40.5 Å². The van der Waals surface area contributed by atoms with E-state index in [0.717, 1.165) is 23.6 Å². The minimum absolute atomic E-state index is 0.450. The first-order valence-electron chi connectivity index (χ1n) is 7.12. The van der Waals surface area contributed by atoms with E-state index in [-0.39, 0.29) is 0 Å². The topological polar surface area (TPSA) is 42.7 Å². The number of aryl methyl sites for hydroxylation is 2. The normalized spacial score (nSPS) is 11.3. The molecule has 2 heterocycles. The molecule has 0 spiro atoms. The van der Waals surface area contributed by atoms with Crippen LogP contribution in [-0.4, -0.2) is 20.8 Å². The van der Waals surface area contributed by atoms with E-state index in [1.54, 1.807) is 0 Å². The first-order chi connectivity index (χ1) is 9.40. The average molecular weight is 272 g/mol. The highest BCUT2D eigenvalue weighted by Gasteiger charge is 2.13. The molecule has 1 N–H and O–H groups in total. The molecule has 0 aromatic carbocycles. The maximum Gasteiger partial charge on any atom is 0.0727 e. The van der Waals surface area contributed by atoms with Crippen molar-refractivity contribution < 1.29 is 0 Å². The SMILES string of the molecule is Cc1cc(-n2nc(C)c(C)c2C)c(CNC(C)C)cn1. The number of hydrogen-bond donors (Lipinski definition) is 1. The van der Waals surface area contributed by atoms with Crippen LogP contribution >= 0.6 is 0 Å². The number of nitrogens with zero attached hydrogens (tertiary/aromatic N) is 3. The standard InChI is InChI=1S/C16H24N4/c1-10(2)17-8-15-9-18-11(3)7-16(15)20-14(6)12(4)13(5)19-20/h7,9-10,17H,8H2,1-6H3. The zero-order chi connectivity index (χ0) is 14.9. The van der Waals surface area contributed by atoms with Crippen molar-refractivity contribution in [1.82, 2.24) is 20.1 Å². The molecular formula is C16H24N4. The molecule has 4 heteroatoms. The Balaban J connectivity index is 2.48. The molecule has 20 heavy (non-hydrogen) atoms. The fraction of sp³-hybridized carbons (Fsp3) is 0.500. The lowest BCUT2D eigenvalue weighted by atomic mass is 10.2. The summed E-state index contributed by atoms with van der Waals surface area (Å²) in [6, 6.07) is 2.56. The van der Waals surface area contributed by atoms with Gasteiger partial charge in [0.25, 0.3) is 0 Å². The molecule has 108 valence electrons. The van der Waals surface area contributed by atoms with E-state index >= 15 is 0 Å². The van der Waals surface area contributed by atoms with E-state index < -0.39 is 0 Å². The molecule has 0 aliphatic heterocycles. The van der Waals surface area contributed by atoms with Crippen molar-refractivity contribution in [2.45, 2.75) is 54.1 Å². The van der Waals surface area contributed by atoms with Crippen LogP contribution in [0.25, 0.3) is 5.69 Å². The second kappa shape index (κ2) is 5.75. The minimum atomic E-state index is 0.450. The summed E-state index contributed by atoms with van der Waals surface area (Å²) in [5, 5.41) is 8.12. The maximum absolute atomic E-state index is 4.67. The summed E-state index contributed by atoms with van der Waals surface area (Å²) in [4.78, 5) is 4.42. The number of hydrogen-bond acceptors (Lipinski definition) is 3. The molecule has 2 aromatic rings. The average Bonchev–Trinajstić information content (AvgIpc) is 2.65. The first-order valence-corrected chi connectivity index (χ1v) is 7.12. The summed E-state index contributed by atoms with van der Waals surface area (Å²) in [6.07, 6.45) is 1.95. The molecule has 2 aromatic heterocycles. The van der Waals surface area contributed by atoms with Crippen molar-refractivity contribution in [2.75, 3.05) is 0 Å². The summed E-state index contributed by atoms with van der Waals surface area (Å²) in [5.74, 6) is 0. The van der Waals surface area contributed by atoms with Crippen LogP contribution in [0.5, 0.6) is 0 Å². The molecule has 0 bridgehead atoms. The van der Waals surface area contributed by atoms with Crippen LogP contribution < -0.4 is 5.32 Å². The third kappa shape index (κ3) is 2.90. The van der Waals surface area contributed by atoms with Crippen molar-refractivity contribution >= 4 is 0 Å². The lowest BCUT2D eigenvalue weighted by molar-refractivity contribution is 0.585. The lowest BCUT2D eigenvalue weighted by Gasteiger charge is -2.14. The number of nitrogens with one attached hydrogen (secondary N) is 1. The van der Waals surface area contributed by atoms with Gasteiger partial charge >= 0.3 is 0 Å². The second-order valence-electron chi connectivity index (χ2n) is 5.70. The Bertz CT molecular complexity index is 611. The first kappa shape index (κ1) is 14.7. The Hall–Kier alpha value is -1.68. The quantitative estimate of drug-likeness (QED) is 0.930. The van der Waals surface area contributed by atoms with E-state index in [0.29, 0.717) is 6.04 Å². The van der Waals surface area contributed by atoms with Gasteiger partial charge in [-0.2, -0.15) is 5.10 Å². The Labute approximate surface area is 121 Å². The minimum Gasteiger partial charge on any atom is -0.310 e. The monoisotopic (exact) mass is 272 g/mol. The summed E-state index contributed by atoms with van der Waals surface area (Å²) in [6.45, 7) is 13.4. The molecular weight excluding hydrogens is 248 g/mol. The van der Waals surface area contributed by atoms with E-state index in [1.807, 2.05) is 17.8 Å². The van der Waals surface area contributed by atoms with Crippen molar-refractivity contribution in [1.29, 1.82) is 0 Å². The van der Waals surface area contributed by atoms with Gasteiger partial charge in [0.15, 0.2) is 0 Å². The van der Waals surface area contributed by atoms with Gasteiger partial charge in [0.05, 0.1) is 11.4 Å². The highest BCUT2D eigenvalue weighted by molar-refractivity contribution is 5.43. The molecule has 0 fully saturated rings. The lowest BCUT2D eigenvalue weighted by Crippen LogP contribution is -2.23. The Morgan fingerprint density at radius 1 is 1.20 bits per heavy atom. The fourth-order valence-electron chi connectivity index (χ4n) is 2.18. The van der Waals surface area contributed by atoms with Crippen molar-refractivity contribution in [2.24, 2.45) is 0 Å². The predicted molar refractivity (Wildman–Crippen MR) is 82.3 cm³/mol. The number of aromatic nitrogens is 3. The second-order valence-corrected chi connectivity index (χ2v) is 5.70. The zero-order valence-corrected chi connectivity index (χ0v) is 13.3. The van der Waals surface area contributed by atoms with Crippen LogP contribution in [0.3, 0.4) is 0 Å². The zero-order valence-electron chi connectivity index (χ0n) is 13.3. The molecule has 2 rings (SSSR count). The summed E-state index contributed by atoms with van der Waals surface area (Å²) < 4.78 is 2.04. The van der Waals surface area contributed by atoms with Crippen LogP contribution in [0.1, 0.15) is 42.1 Å². The Morgan fingerprint density at radius 3 is 2.45 bits per heavy atom. The summed E-state index contributed by atoms with van der Waals surface area (Å²) >= 11 is 0.